The number of carbonyl (C=O) groups is 2. The molecule has 0 radical (unpaired) electrons. The molecule has 3 rings (SSSR count). The number of nitrogens with zero attached hydrogens (tertiary/aromatic N) is 2. The highest BCUT2D eigenvalue weighted by Gasteiger charge is 2.46. The highest BCUT2D eigenvalue weighted by atomic mass is 16.5. The predicted molar refractivity (Wildman–Crippen MR) is 87.9 cm³/mol. The number of carbonyl (C=O) groups excluding carboxylic acids is 2. The summed E-state index contributed by atoms with van der Waals surface area (Å²) in [4.78, 5) is 30.1. The number of oxazole rings is 1. The number of aromatic nitrogens is 1. The van der Waals surface area contributed by atoms with Crippen LogP contribution in [0, 0.1) is 6.92 Å². The molecule has 138 valence electrons. The zero-order valence-corrected chi connectivity index (χ0v) is 14.8. The number of amides is 2. The Morgan fingerprint density at radius 2 is 2.24 bits per heavy atom. The molecular weight excluding hydrogens is 326 g/mol. The molecule has 0 aromatic carbocycles. The van der Waals surface area contributed by atoms with Gasteiger partial charge in [-0.2, -0.15) is 0 Å². The number of aliphatic hydroxyl groups is 1. The van der Waals surface area contributed by atoms with Crippen molar-refractivity contribution in [2.24, 2.45) is 0 Å². The first kappa shape index (κ1) is 17.9. The zero-order valence-electron chi connectivity index (χ0n) is 14.8. The Hall–Kier alpha value is -1.93. The summed E-state index contributed by atoms with van der Waals surface area (Å²) in [6.45, 7) is 5.58. The van der Waals surface area contributed by atoms with Gasteiger partial charge in [0.05, 0.1) is 30.4 Å². The smallest absolute Gasteiger partial charge is 0.276 e. The number of aryl methyl sites for hydroxylation is 1. The third kappa shape index (κ3) is 3.69. The minimum atomic E-state index is -1.18. The summed E-state index contributed by atoms with van der Waals surface area (Å²) < 4.78 is 11.1. The standard InChI is InChI=1S/C17H25N3O5/c1-10(21)18-15-9-25-14-5-4-6-20(13(14)7-17(15,3)23)16(22)12-8-24-11(2)19-12/h8,13-15,23H,4-7,9H2,1-3H3,(H,18,21)/t13-,14-,15-,17-/m1/s1. The highest BCUT2D eigenvalue weighted by Crippen LogP contribution is 2.33. The van der Waals surface area contributed by atoms with Crippen LogP contribution in [-0.4, -0.2) is 63.7 Å². The SMILES string of the molecule is CC(=O)N[C@@H]1CO[C@@H]2CCCN(C(=O)c3coc(C)n3)[C@@H]2C[C@@]1(C)O. The molecule has 2 N–H and O–H groups in total. The summed E-state index contributed by atoms with van der Waals surface area (Å²) in [6, 6.07) is -0.783. The first-order valence-corrected chi connectivity index (χ1v) is 8.62. The van der Waals surface area contributed by atoms with Crippen molar-refractivity contribution in [1.82, 2.24) is 15.2 Å². The van der Waals surface area contributed by atoms with E-state index >= 15 is 0 Å². The molecule has 2 amide bonds. The third-order valence-electron chi connectivity index (χ3n) is 5.04. The summed E-state index contributed by atoms with van der Waals surface area (Å²) in [5.74, 6) is 0.000392. The lowest BCUT2D eigenvalue weighted by Gasteiger charge is -2.41. The molecule has 8 heteroatoms. The van der Waals surface area contributed by atoms with Crippen molar-refractivity contribution in [3.63, 3.8) is 0 Å². The van der Waals surface area contributed by atoms with Crippen LogP contribution in [0.2, 0.25) is 0 Å². The monoisotopic (exact) mass is 351 g/mol. The van der Waals surface area contributed by atoms with Gasteiger partial charge in [0.15, 0.2) is 11.6 Å². The van der Waals surface area contributed by atoms with Crippen LogP contribution in [0.15, 0.2) is 10.7 Å². The quantitative estimate of drug-likeness (QED) is 0.810. The van der Waals surface area contributed by atoms with E-state index in [1.165, 1.54) is 13.2 Å². The summed E-state index contributed by atoms with van der Waals surface area (Å²) in [5, 5.41) is 13.7. The van der Waals surface area contributed by atoms with E-state index in [9.17, 15) is 14.7 Å². The molecular formula is C17H25N3O5. The maximum atomic E-state index is 12.8. The van der Waals surface area contributed by atoms with Gasteiger partial charge in [-0.3, -0.25) is 9.59 Å². The molecule has 3 heterocycles. The van der Waals surface area contributed by atoms with Crippen LogP contribution in [-0.2, 0) is 9.53 Å². The number of piperidine rings is 1. The lowest BCUT2D eigenvalue weighted by Crippen LogP contribution is -2.56. The van der Waals surface area contributed by atoms with Crippen LogP contribution >= 0.6 is 0 Å². The van der Waals surface area contributed by atoms with Gasteiger partial charge < -0.3 is 24.5 Å². The molecule has 8 nitrogen and oxygen atoms in total. The van der Waals surface area contributed by atoms with Crippen LogP contribution in [0.1, 0.15) is 49.5 Å². The highest BCUT2D eigenvalue weighted by molar-refractivity contribution is 5.92. The van der Waals surface area contributed by atoms with Crippen LogP contribution in [0.3, 0.4) is 0 Å². The summed E-state index contributed by atoms with van der Waals surface area (Å²) in [5.41, 5.74) is -0.916. The molecule has 2 aliphatic heterocycles. The van der Waals surface area contributed by atoms with Gasteiger partial charge in [0.1, 0.15) is 6.26 Å². The number of fused-ring (bicyclic) bond motifs is 1. The number of hydrogen-bond donors (Lipinski definition) is 2. The molecule has 0 spiro atoms. The number of rotatable bonds is 2. The van der Waals surface area contributed by atoms with Crippen LogP contribution < -0.4 is 5.32 Å². The molecule has 4 atom stereocenters. The molecule has 0 saturated carbocycles. The Labute approximate surface area is 146 Å². The Morgan fingerprint density at radius 1 is 1.48 bits per heavy atom. The molecule has 0 bridgehead atoms. The summed E-state index contributed by atoms with van der Waals surface area (Å²) in [7, 11) is 0. The van der Waals surface area contributed by atoms with Crippen molar-refractivity contribution in [2.45, 2.75) is 63.8 Å². The molecule has 1 aromatic heterocycles. The van der Waals surface area contributed by atoms with Crippen molar-refractivity contribution >= 4 is 11.8 Å². The van der Waals surface area contributed by atoms with Crippen molar-refractivity contribution in [3.8, 4) is 0 Å². The number of likely N-dealkylation sites (tertiary alicyclic amines) is 1. The van der Waals surface area contributed by atoms with E-state index in [1.807, 2.05) is 0 Å². The van der Waals surface area contributed by atoms with Gasteiger partial charge in [-0.15, -0.1) is 0 Å². The fourth-order valence-corrected chi connectivity index (χ4v) is 3.73. The van der Waals surface area contributed by atoms with Crippen LogP contribution in [0.5, 0.6) is 0 Å². The number of nitrogens with one attached hydrogen (secondary N) is 1. The Kier molecular flexibility index (Phi) is 4.83. The van der Waals surface area contributed by atoms with Crippen LogP contribution in [0.4, 0.5) is 0 Å². The maximum absolute atomic E-state index is 12.8. The third-order valence-corrected chi connectivity index (χ3v) is 5.04. The Balaban J connectivity index is 1.83. The van der Waals surface area contributed by atoms with E-state index in [0.717, 1.165) is 12.8 Å². The van der Waals surface area contributed by atoms with Crippen LogP contribution in [0.25, 0.3) is 0 Å². The predicted octanol–water partition coefficient (Wildman–Crippen LogP) is 0.632. The molecule has 2 aliphatic rings. The van der Waals surface area contributed by atoms with Gasteiger partial charge in [-0.1, -0.05) is 0 Å². The average Bonchev–Trinajstić information content (AvgIpc) is 2.92. The topological polar surface area (TPSA) is 105 Å². The Bertz CT molecular complexity index is 656. The van der Waals surface area contributed by atoms with Gasteiger partial charge in [-0.05, 0) is 19.8 Å². The van der Waals surface area contributed by atoms with E-state index < -0.39 is 11.6 Å². The van der Waals surface area contributed by atoms with E-state index in [2.05, 4.69) is 10.3 Å². The molecule has 0 unspecified atom stereocenters. The first-order valence-electron chi connectivity index (χ1n) is 8.62. The lowest BCUT2D eigenvalue weighted by molar-refractivity contribution is -0.122. The van der Waals surface area contributed by atoms with E-state index in [4.69, 9.17) is 9.15 Å². The molecule has 0 aliphatic carbocycles. The Morgan fingerprint density at radius 3 is 2.88 bits per heavy atom. The number of ether oxygens (including phenoxy) is 1. The van der Waals surface area contributed by atoms with Crippen molar-refractivity contribution in [3.05, 3.63) is 17.8 Å². The van der Waals surface area contributed by atoms with Gasteiger partial charge in [0.2, 0.25) is 5.91 Å². The largest absolute Gasteiger partial charge is 0.448 e. The molecule has 2 fully saturated rings. The van der Waals surface area contributed by atoms with E-state index in [1.54, 1.807) is 18.7 Å². The fraction of sp³-hybridized carbons (Fsp3) is 0.706. The van der Waals surface area contributed by atoms with Gasteiger partial charge in [0.25, 0.3) is 5.91 Å². The van der Waals surface area contributed by atoms with Gasteiger partial charge in [-0.25, -0.2) is 4.98 Å². The normalized spacial score (nSPS) is 32.6. The fourth-order valence-electron chi connectivity index (χ4n) is 3.73. The summed E-state index contributed by atoms with van der Waals surface area (Å²) in [6.07, 6.45) is 3.14. The van der Waals surface area contributed by atoms with Crippen molar-refractivity contribution in [1.29, 1.82) is 0 Å². The second-order valence-corrected chi connectivity index (χ2v) is 7.15. The van der Waals surface area contributed by atoms with Gasteiger partial charge >= 0.3 is 0 Å². The maximum Gasteiger partial charge on any atom is 0.276 e. The average molecular weight is 351 g/mol. The zero-order chi connectivity index (χ0) is 18.2. The molecule has 1 aromatic rings. The minimum Gasteiger partial charge on any atom is -0.448 e. The second-order valence-electron chi connectivity index (χ2n) is 7.15. The number of hydrogen-bond acceptors (Lipinski definition) is 6. The molecule has 2 saturated heterocycles. The molecule has 25 heavy (non-hydrogen) atoms. The van der Waals surface area contributed by atoms with Crippen molar-refractivity contribution in [2.75, 3.05) is 13.2 Å². The van der Waals surface area contributed by atoms with E-state index in [0.29, 0.717) is 18.9 Å². The lowest BCUT2D eigenvalue weighted by atomic mass is 9.85. The van der Waals surface area contributed by atoms with Gasteiger partial charge in [0, 0.05) is 26.8 Å². The minimum absolute atomic E-state index is 0.170. The first-order chi connectivity index (χ1) is 11.8. The summed E-state index contributed by atoms with van der Waals surface area (Å²) >= 11 is 0. The van der Waals surface area contributed by atoms with Crippen molar-refractivity contribution < 1.29 is 23.8 Å². The second kappa shape index (κ2) is 6.76. The van der Waals surface area contributed by atoms with E-state index in [-0.39, 0.29) is 36.3 Å².